The number of alkyl halides is 1. The zero-order chi connectivity index (χ0) is 15.5. The maximum atomic E-state index is 11.4. The average Bonchev–Trinajstić information content (AvgIpc) is 2.92. The Morgan fingerprint density at radius 2 is 2.05 bits per heavy atom. The van der Waals surface area contributed by atoms with Gasteiger partial charge < -0.3 is 14.2 Å². The van der Waals surface area contributed by atoms with Crippen molar-refractivity contribution < 1.29 is 23.8 Å². The molecule has 0 saturated carbocycles. The Morgan fingerprint density at radius 1 is 1.29 bits per heavy atom. The van der Waals surface area contributed by atoms with Crippen LogP contribution in [0.5, 0.6) is 0 Å². The molecule has 0 bridgehead atoms. The maximum Gasteiger partial charge on any atom is 0.509 e. The zero-order valence-corrected chi connectivity index (χ0v) is 14.4. The standard InChI is InChI=1S/C13H21ClO5S2/c1-10(14)19-13(16)18-8-7-17-12(15)5-3-2-4-11-6-9-20-21-11/h10-11H,2-9H2,1H3/t10?,11-/m1/s1. The van der Waals surface area contributed by atoms with E-state index < -0.39 is 11.7 Å². The Kier molecular flexibility index (Phi) is 10.1. The van der Waals surface area contributed by atoms with Gasteiger partial charge in [-0.25, -0.2) is 4.79 Å². The number of unbranched alkanes of at least 4 members (excludes halogenated alkanes) is 1. The van der Waals surface area contributed by atoms with Crippen molar-refractivity contribution in [2.24, 2.45) is 0 Å². The van der Waals surface area contributed by atoms with E-state index in [0.717, 1.165) is 24.5 Å². The molecule has 1 fully saturated rings. The van der Waals surface area contributed by atoms with Gasteiger partial charge in [0.15, 0.2) is 5.56 Å². The molecule has 1 rings (SSSR count). The summed E-state index contributed by atoms with van der Waals surface area (Å²) in [6, 6.07) is 0. The number of halogens is 1. The van der Waals surface area contributed by atoms with Crippen LogP contribution in [0.1, 0.15) is 39.0 Å². The molecule has 0 aromatic rings. The number of carbonyl (C=O) groups excluding carboxylic acids is 2. The molecule has 0 aliphatic carbocycles. The summed E-state index contributed by atoms with van der Waals surface area (Å²) < 4.78 is 14.2. The van der Waals surface area contributed by atoms with Crippen molar-refractivity contribution in [2.75, 3.05) is 19.0 Å². The molecule has 0 radical (unpaired) electrons. The number of hydrogen-bond acceptors (Lipinski definition) is 7. The van der Waals surface area contributed by atoms with Gasteiger partial charge in [-0.2, -0.15) is 0 Å². The number of hydrogen-bond donors (Lipinski definition) is 0. The lowest BCUT2D eigenvalue weighted by Gasteiger charge is -2.08. The molecule has 0 spiro atoms. The van der Waals surface area contributed by atoms with Crippen molar-refractivity contribution in [1.29, 1.82) is 0 Å². The lowest BCUT2D eigenvalue weighted by atomic mass is 10.1. The quantitative estimate of drug-likeness (QED) is 0.268. The Labute approximate surface area is 138 Å². The van der Waals surface area contributed by atoms with E-state index in [1.54, 1.807) is 0 Å². The minimum Gasteiger partial charge on any atom is -0.462 e. The van der Waals surface area contributed by atoms with Crippen LogP contribution in [-0.4, -0.2) is 41.9 Å². The predicted octanol–water partition coefficient (Wildman–Crippen LogP) is 3.98. The second kappa shape index (κ2) is 11.3. The van der Waals surface area contributed by atoms with E-state index in [1.165, 1.54) is 19.1 Å². The second-order valence-corrected chi connectivity index (χ2v) is 7.96. The predicted molar refractivity (Wildman–Crippen MR) is 85.6 cm³/mol. The average molecular weight is 357 g/mol. The third-order valence-corrected chi connectivity index (χ3v) is 5.81. The highest BCUT2D eigenvalue weighted by molar-refractivity contribution is 8.77. The van der Waals surface area contributed by atoms with Crippen LogP contribution >= 0.6 is 33.2 Å². The highest BCUT2D eigenvalue weighted by Crippen LogP contribution is 2.39. The topological polar surface area (TPSA) is 61.8 Å². The molecular weight excluding hydrogens is 336 g/mol. The summed E-state index contributed by atoms with van der Waals surface area (Å²) in [7, 11) is 3.89. The monoisotopic (exact) mass is 356 g/mol. The third kappa shape index (κ3) is 10.1. The molecule has 0 N–H and O–H groups in total. The number of carbonyl (C=O) groups is 2. The van der Waals surface area contributed by atoms with Crippen LogP contribution in [0, 0.1) is 0 Å². The van der Waals surface area contributed by atoms with Gasteiger partial charge in [0.05, 0.1) is 0 Å². The molecule has 1 aliphatic heterocycles. The Hall–Kier alpha value is -0.270. The van der Waals surface area contributed by atoms with Crippen LogP contribution in [-0.2, 0) is 19.0 Å². The first-order valence-corrected chi connectivity index (χ1v) is 9.81. The molecule has 0 aromatic heterocycles. The van der Waals surface area contributed by atoms with E-state index in [-0.39, 0.29) is 19.2 Å². The second-order valence-electron chi connectivity index (χ2n) is 4.55. The lowest BCUT2D eigenvalue weighted by Crippen LogP contribution is -2.16. The van der Waals surface area contributed by atoms with E-state index in [0.29, 0.717) is 6.42 Å². The molecular formula is C13H21ClO5S2. The zero-order valence-electron chi connectivity index (χ0n) is 12.0. The number of ether oxygens (including phenoxy) is 3. The minimum atomic E-state index is -0.861. The van der Waals surface area contributed by atoms with Gasteiger partial charge in [0.25, 0.3) is 0 Å². The van der Waals surface area contributed by atoms with E-state index in [1.807, 2.05) is 21.6 Å². The Balaban J connectivity index is 1.90. The van der Waals surface area contributed by atoms with Gasteiger partial charge in [-0.05, 0) is 26.2 Å². The van der Waals surface area contributed by atoms with Crippen LogP contribution < -0.4 is 0 Å². The van der Waals surface area contributed by atoms with Gasteiger partial charge in [0.2, 0.25) is 0 Å². The molecule has 1 saturated heterocycles. The van der Waals surface area contributed by atoms with Crippen molar-refractivity contribution in [2.45, 2.75) is 49.8 Å². The molecule has 1 unspecified atom stereocenters. The normalized spacial score (nSPS) is 19.0. The van der Waals surface area contributed by atoms with E-state index in [2.05, 4.69) is 9.47 Å². The molecule has 0 amide bonds. The third-order valence-electron chi connectivity index (χ3n) is 2.71. The molecule has 5 nitrogen and oxygen atoms in total. The van der Waals surface area contributed by atoms with Crippen molar-refractivity contribution in [3.8, 4) is 0 Å². The first-order valence-electron chi connectivity index (χ1n) is 6.99. The molecule has 122 valence electrons. The van der Waals surface area contributed by atoms with E-state index >= 15 is 0 Å². The van der Waals surface area contributed by atoms with Crippen molar-refractivity contribution in [3.05, 3.63) is 0 Å². The summed E-state index contributed by atoms with van der Waals surface area (Å²) in [5, 5.41) is 0.745. The van der Waals surface area contributed by atoms with Crippen molar-refractivity contribution in [1.82, 2.24) is 0 Å². The molecule has 1 aliphatic rings. The fourth-order valence-electron chi connectivity index (χ4n) is 1.73. The summed E-state index contributed by atoms with van der Waals surface area (Å²) in [6.07, 6.45) is 3.87. The minimum absolute atomic E-state index is 0.0237. The lowest BCUT2D eigenvalue weighted by molar-refractivity contribution is -0.145. The van der Waals surface area contributed by atoms with E-state index in [4.69, 9.17) is 16.3 Å². The van der Waals surface area contributed by atoms with Crippen molar-refractivity contribution >= 4 is 45.3 Å². The summed E-state index contributed by atoms with van der Waals surface area (Å²) in [5.74, 6) is 0.980. The van der Waals surface area contributed by atoms with Crippen LogP contribution in [0.25, 0.3) is 0 Å². The Morgan fingerprint density at radius 3 is 2.71 bits per heavy atom. The first kappa shape index (κ1) is 18.8. The first-order chi connectivity index (χ1) is 10.1. The molecule has 2 atom stereocenters. The van der Waals surface area contributed by atoms with Crippen LogP contribution in [0.2, 0.25) is 0 Å². The maximum absolute atomic E-state index is 11.4. The summed E-state index contributed by atoms with van der Waals surface area (Å²) in [6.45, 7) is 1.52. The van der Waals surface area contributed by atoms with E-state index in [9.17, 15) is 9.59 Å². The largest absolute Gasteiger partial charge is 0.509 e. The van der Waals surface area contributed by atoms with Crippen LogP contribution in [0.15, 0.2) is 0 Å². The van der Waals surface area contributed by atoms with Gasteiger partial charge in [0.1, 0.15) is 13.2 Å². The molecule has 8 heteroatoms. The highest BCUT2D eigenvalue weighted by atomic mass is 35.5. The number of esters is 1. The van der Waals surface area contributed by atoms with Crippen molar-refractivity contribution in [3.63, 3.8) is 0 Å². The molecule has 21 heavy (non-hydrogen) atoms. The van der Waals surface area contributed by atoms with Gasteiger partial charge in [-0.3, -0.25) is 4.79 Å². The van der Waals surface area contributed by atoms with Crippen LogP contribution in [0.4, 0.5) is 4.79 Å². The summed E-state index contributed by atoms with van der Waals surface area (Å²) in [5.41, 5.74) is -0.739. The van der Waals surface area contributed by atoms with Gasteiger partial charge in [-0.1, -0.05) is 39.6 Å². The fraction of sp³-hybridized carbons (Fsp3) is 0.846. The summed E-state index contributed by atoms with van der Waals surface area (Å²) >= 11 is 5.44. The van der Waals surface area contributed by atoms with Crippen LogP contribution in [0.3, 0.4) is 0 Å². The van der Waals surface area contributed by atoms with Gasteiger partial charge >= 0.3 is 12.1 Å². The smallest absolute Gasteiger partial charge is 0.462 e. The molecule has 0 aromatic carbocycles. The fourth-order valence-corrected chi connectivity index (χ4v) is 4.83. The van der Waals surface area contributed by atoms with Gasteiger partial charge in [0, 0.05) is 17.4 Å². The SMILES string of the molecule is CC(Cl)OC(=O)OCCOC(=O)CCCC[C@@H]1CCSS1. The summed E-state index contributed by atoms with van der Waals surface area (Å²) in [4.78, 5) is 22.4. The number of rotatable bonds is 9. The molecule has 1 heterocycles. The highest BCUT2D eigenvalue weighted by Gasteiger charge is 2.16. The Bertz CT molecular complexity index is 322. The van der Waals surface area contributed by atoms with Gasteiger partial charge in [-0.15, -0.1) is 0 Å².